The van der Waals surface area contributed by atoms with Crippen LogP contribution in [0, 0.1) is 0 Å². The van der Waals surface area contributed by atoms with Crippen molar-refractivity contribution in [2.45, 2.75) is 13.8 Å². The minimum absolute atomic E-state index is 0.0976. The third kappa shape index (κ3) is 4.56. The van der Waals surface area contributed by atoms with Crippen LogP contribution in [0.2, 0.25) is 0 Å². The predicted octanol–water partition coefficient (Wildman–Crippen LogP) is 3.71. The molecule has 0 bridgehead atoms. The van der Waals surface area contributed by atoms with Crippen LogP contribution in [-0.4, -0.2) is 23.3 Å². The number of hydrogen-bond acceptors (Lipinski definition) is 4. The number of aromatic hydroxyl groups is 1. The lowest BCUT2D eigenvalue weighted by Crippen LogP contribution is -2.19. The number of rotatable bonds is 5. The van der Waals surface area contributed by atoms with E-state index in [0.29, 0.717) is 16.8 Å². The first kappa shape index (κ1) is 17.0. The van der Waals surface area contributed by atoms with Crippen molar-refractivity contribution in [1.29, 1.82) is 0 Å². The lowest BCUT2D eigenvalue weighted by molar-refractivity contribution is 0.0952. The van der Waals surface area contributed by atoms with Gasteiger partial charge in [-0.2, -0.15) is 5.10 Å². The third-order valence-corrected chi connectivity index (χ3v) is 3.60. The Balaban J connectivity index is 2.09. The molecule has 5 nitrogen and oxygen atoms in total. The van der Waals surface area contributed by atoms with Crippen molar-refractivity contribution < 1.29 is 14.6 Å². The van der Waals surface area contributed by atoms with Crippen LogP contribution in [-0.2, 0) is 0 Å². The van der Waals surface area contributed by atoms with E-state index in [1.807, 2.05) is 31.2 Å². The number of halogens is 1. The first-order valence-electron chi connectivity index (χ1n) is 7.07. The van der Waals surface area contributed by atoms with Gasteiger partial charge in [-0.1, -0.05) is 15.9 Å². The van der Waals surface area contributed by atoms with E-state index < -0.39 is 5.91 Å². The Morgan fingerprint density at radius 3 is 2.61 bits per heavy atom. The molecule has 120 valence electrons. The van der Waals surface area contributed by atoms with Crippen LogP contribution in [0.15, 0.2) is 52.0 Å². The smallest absolute Gasteiger partial charge is 0.275 e. The van der Waals surface area contributed by atoms with Gasteiger partial charge in [0.1, 0.15) is 11.5 Å². The van der Waals surface area contributed by atoms with Crippen LogP contribution in [0.25, 0.3) is 0 Å². The molecule has 0 fully saturated rings. The summed E-state index contributed by atoms with van der Waals surface area (Å²) in [5.41, 5.74) is 4.11. The highest BCUT2D eigenvalue weighted by molar-refractivity contribution is 9.10. The van der Waals surface area contributed by atoms with Gasteiger partial charge in [-0.25, -0.2) is 5.43 Å². The molecular formula is C17H17BrN2O3. The van der Waals surface area contributed by atoms with Crippen LogP contribution < -0.4 is 10.2 Å². The molecule has 2 rings (SSSR count). The summed E-state index contributed by atoms with van der Waals surface area (Å²) in [6.07, 6.45) is 0. The largest absolute Gasteiger partial charge is 0.507 e. The summed E-state index contributed by atoms with van der Waals surface area (Å²) in [5, 5.41) is 13.8. The average Bonchev–Trinajstić information content (AvgIpc) is 2.55. The summed E-state index contributed by atoms with van der Waals surface area (Å²) >= 11 is 3.26. The maximum Gasteiger partial charge on any atom is 0.275 e. The molecule has 0 unspecified atom stereocenters. The minimum atomic E-state index is -0.478. The van der Waals surface area contributed by atoms with Crippen molar-refractivity contribution in [3.05, 3.63) is 58.1 Å². The lowest BCUT2D eigenvalue weighted by atomic mass is 10.1. The molecule has 2 aromatic carbocycles. The van der Waals surface area contributed by atoms with Crippen molar-refractivity contribution in [3.8, 4) is 11.5 Å². The van der Waals surface area contributed by atoms with Crippen LogP contribution in [0.5, 0.6) is 11.5 Å². The van der Waals surface area contributed by atoms with Crippen molar-refractivity contribution >= 4 is 27.5 Å². The maximum absolute atomic E-state index is 12.1. The zero-order chi connectivity index (χ0) is 16.8. The molecule has 6 heteroatoms. The highest BCUT2D eigenvalue weighted by Gasteiger charge is 2.11. The highest BCUT2D eigenvalue weighted by atomic mass is 79.9. The Hall–Kier alpha value is -2.34. The number of carbonyl (C=O) groups excluding carboxylic acids is 1. The van der Waals surface area contributed by atoms with E-state index in [0.717, 1.165) is 11.3 Å². The van der Waals surface area contributed by atoms with E-state index in [1.165, 1.54) is 12.1 Å². The summed E-state index contributed by atoms with van der Waals surface area (Å²) in [6, 6.07) is 12.1. The zero-order valence-corrected chi connectivity index (χ0v) is 14.4. The molecule has 0 radical (unpaired) electrons. The van der Waals surface area contributed by atoms with Gasteiger partial charge in [-0.3, -0.25) is 4.79 Å². The Kier molecular flexibility index (Phi) is 5.76. The molecule has 0 saturated heterocycles. The first-order valence-corrected chi connectivity index (χ1v) is 7.87. The van der Waals surface area contributed by atoms with Crippen LogP contribution in [0.4, 0.5) is 0 Å². The van der Waals surface area contributed by atoms with E-state index in [2.05, 4.69) is 26.5 Å². The van der Waals surface area contributed by atoms with Crippen LogP contribution in [0.1, 0.15) is 29.8 Å². The Bertz CT molecular complexity index is 727. The first-order chi connectivity index (χ1) is 11.0. The zero-order valence-electron chi connectivity index (χ0n) is 12.8. The second-order valence-corrected chi connectivity index (χ2v) is 5.67. The normalized spacial score (nSPS) is 11.2. The summed E-state index contributed by atoms with van der Waals surface area (Å²) in [7, 11) is 0. The number of nitrogens with one attached hydrogen (secondary N) is 1. The Morgan fingerprint density at radius 2 is 1.96 bits per heavy atom. The quantitative estimate of drug-likeness (QED) is 0.617. The Morgan fingerprint density at radius 1 is 1.26 bits per heavy atom. The number of nitrogens with zero attached hydrogens (tertiary/aromatic N) is 1. The number of benzene rings is 2. The van der Waals surface area contributed by atoms with E-state index in [9.17, 15) is 9.90 Å². The number of phenolic OH excluding ortho intramolecular Hbond substituents is 1. The number of amides is 1. The van der Waals surface area contributed by atoms with Gasteiger partial charge >= 0.3 is 0 Å². The van der Waals surface area contributed by atoms with Gasteiger partial charge in [0.2, 0.25) is 0 Å². The molecule has 0 aromatic heterocycles. The number of hydrazone groups is 1. The number of phenols is 1. The van der Waals surface area contributed by atoms with Gasteiger partial charge in [-0.15, -0.1) is 0 Å². The van der Waals surface area contributed by atoms with Gasteiger partial charge < -0.3 is 9.84 Å². The molecular weight excluding hydrogens is 360 g/mol. The van der Waals surface area contributed by atoms with Gasteiger partial charge in [0.05, 0.1) is 17.9 Å². The molecule has 0 atom stereocenters. The molecule has 23 heavy (non-hydrogen) atoms. The number of hydrogen-bond donors (Lipinski definition) is 2. The fourth-order valence-electron chi connectivity index (χ4n) is 1.91. The molecule has 0 aliphatic heterocycles. The topological polar surface area (TPSA) is 70.9 Å². The van der Waals surface area contributed by atoms with Crippen molar-refractivity contribution in [2.24, 2.45) is 5.10 Å². The molecule has 0 heterocycles. The molecule has 0 saturated carbocycles. The minimum Gasteiger partial charge on any atom is -0.507 e. The van der Waals surface area contributed by atoms with Crippen molar-refractivity contribution in [2.75, 3.05) is 6.61 Å². The predicted molar refractivity (Wildman–Crippen MR) is 93.1 cm³/mol. The average molecular weight is 377 g/mol. The molecule has 0 aliphatic carbocycles. The van der Waals surface area contributed by atoms with Crippen molar-refractivity contribution in [3.63, 3.8) is 0 Å². The van der Waals surface area contributed by atoms with E-state index in [-0.39, 0.29) is 11.3 Å². The lowest BCUT2D eigenvalue weighted by Gasteiger charge is -2.06. The van der Waals surface area contributed by atoms with Crippen LogP contribution >= 0.6 is 15.9 Å². The molecule has 2 N–H and O–H groups in total. The molecule has 2 aromatic rings. The van der Waals surface area contributed by atoms with E-state index in [1.54, 1.807) is 13.0 Å². The Labute approximate surface area is 143 Å². The van der Waals surface area contributed by atoms with E-state index >= 15 is 0 Å². The van der Waals surface area contributed by atoms with Crippen molar-refractivity contribution in [1.82, 2.24) is 5.43 Å². The molecule has 1 amide bonds. The molecule has 0 spiro atoms. The summed E-state index contributed by atoms with van der Waals surface area (Å²) < 4.78 is 6.08. The summed E-state index contributed by atoms with van der Waals surface area (Å²) in [5.74, 6) is 0.209. The fourth-order valence-corrected chi connectivity index (χ4v) is 2.27. The summed E-state index contributed by atoms with van der Waals surface area (Å²) in [4.78, 5) is 12.1. The third-order valence-electron chi connectivity index (χ3n) is 3.11. The molecule has 0 aliphatic rings. The van der Waals surface area contributed by atoms with Gasteiger partial charge in [-0.05, 0) is 61.9 Å². The highest BCUT2D eigenvalue weighted by Crippen LogP contribution is 2.21. The van der Waals surface area contributed by atoms with Crippen LogP contribution in [0.3, 0.4) is 0 Å². The van der Waals surface area contributed by atoms with Gasteiger partial charge in [0, 0.05) is 4.47 Å². The monoisotopic (exact) mass is 376 g/mol. The van der Waals surface area contributed by atoms with Gasteiger partial charge in [0.25, 0.3) is 5.91 Å². The van der Waals surface area contributed by atoms with Gasteiger partial charge in [0.15, 0.2) is 0 Å². The summed E-state index contributed by atoms with van der Waals surface area (Å²) in [6.45, 7) is 4.32. The second kappa shape index (κ2) is 7.78. The van der Waals surface area contributed by atoms with E-state index in [4.69, 9.17) is 4.74 Å². The maximum atomic E-state index is 12.1. The fraction of sp³-hybridized carbons (Fsp3) is 0.176. The number of carbonyl (C=O) groups is 1. The second-order valence-electron chi connectivity index (χ2n) is 4.76. The standard InChI is InChI=1S/C17H17BrN2O3/c1-3-23-14-7-4-12(5-8-14)11(2)19-20-17(22)15-10-13(18)6-9-16(15)21/h4-10,21H,3H2,1-2H3,(H,20,22). The SMILES string of the molecule is CCOc1ccc(C(C)=NNC(=O)c2cc(Br)ccc2O)cc1. The number of ether oxygens (including phenoxy) is 1.